The number of hydrogen-bond donors (Lipinski definition) is 2. The minimum Gasteiger partial charge on any atom is -0.459 e. The van der Waals surface area contributed by atoms with Gasteiger partial charge in [-0.3, -0.25) is 9.69 Å². The van der Waals surface area contributed by atoms with Crippen molar-refractivity contribution >= 4 is 18.0 Å². The van der Waals surface area contributed by atoms with Crippen molar-refractivity contribution in [3.05, 3.63) is 71.3 Å². The molecule has 2 aromatic rings. The molecule has 2 N–H and O–H groups in total. The van der Waals surface area contributed by atoms with Gasteiger partial charge in [-0.25, -0.2) is 9.59 Å². The van der Waals surface area contributed by atoms with E-state index >= 15 is 0 Å². The van der Waals surface area contributed by atoms with Crippen LogP contribution in [0.15, 0.2) is 60.2 Å². The molecular formula is C33H37NO10. The standard InChI is InChI=1S/C33H37NO10/c1-19-29(35)44-26-12-13-34(31(37)43-18-25-23-10-6-4-8-21(23)22-9-5-7-11-24(22)25)28(26)20(16-27-40-14-15-41-27)17-42-30(36)33(3,39)32(19,2)38/h4-11,16,19,25-28,38-39H,12-15,17-18H2,1-3H3/b20-16+/t19-,26+,28+,32-,33-/m0/s1. The van der Waals surface area contributed by atoms with Gasteiger partial charge in [-0.1, -0.05) is 48.5 Å². The first-order valence-corrected chi connectivity index (χ1v) is 14.9. The molecule has 0 spiro atoms. The third kappa shape index (κ3) is 5.17. The van der Waals surface area contributed by atoms with Gasteiger partial charge in [0.15, 0.2) is 11.9 Å². The number of amides is 1. The molecule has 11 nitrogen and oxygen atoms in total. The van der Waals surface area contributed by atoms with Gasteiger partial charge < -0.3 is 33.9 Å². The highest BCUT2D eigenvalue weighted by atomic mass is 16.7. The topological polar surface area (TPSA) is 141 Å². The lowest BCUT2D eigenvalue weighted by atomic mass is 9.76. The molecule has 3 heterocycles. The van der Waals surface area contributed by atoms with Gasteiger partial charge in [0.05, 0.1) is 25.2 Å². The lowest BCUT2D eigenvalue weighted by molar-refractivity contribution is -0.205. The Balaban J connectivity index is 1.29. The SMILES string of the molecule is C[C@H]1C(=O)O[C@@H]2CCN(C(=O)OCC3c4ccccc4-c4ccccc43)[C@@H]2/C(=C/C2OCCO2)COC(=O)[C@](C)(O)[C@@]1(C)O. The Kier molecular flexibility index (Phi) is 8.00. The predicted octanol–water partition coefficient (Wildman–Crippen LogP) is 2.92. The largest absolute Gasteiger partial charge is 0.459 e. The fourth-order valence-corrected chi connectivity index (χ4v) is 6.49. The van der Waals surface area contributed by atoms with Crippen LogP contribution in [0.2, 0.25) is 0 Å². The van der Waals surface area contributed by atoms with Gasteiger partial charge in [0.2, 0.25) is 0 Å². The first-order valence-electron chi connectivity index (χ1n) is 14.9. The Hall–Kier alpha value is -3.77. The molecule has 4 aliphatic rings. The number of carbonyl (C=O) groups is 3. The van der Waals surface area contributed by atoms with Crippen LogP contribution in [0.25, 0.3) is 11.1 Å². The number of ether oxygens (including phenoxy) is 5. The number of rotatable bonds is 3. The van der Waals surface area contributed by atoms with E-state index in [1.165, 1.54) is 18.7 Å². The van der Waals surface area contributed by atoms with Crippen LogP contribution in [0, 0.1) is 5.92 Å². The summed E-state index contributed by atoms with van der Waals surface area (Å²) in [7, 11) is 0. The van der Waals surface area contributed by atoms with Gasteiger partial charge in [0, 0.05) is 18.9 Å². The first kappa shape index (κ1) is 30.3. The van der Waals surface area contributed by atoms with Crippen molar-refractivity contribution in [1.82, 2.24) is 4.90 Å². The summed E-state index contributed by atoms with van der Waals surface area (Å²) >= 11 is 0. The normalized spacial score (nSPS) is 32.0. The molecule has 0 unspecified atom stereocenters. The molecule has 0 radical (unpaired) electrons. The number of esters is 2. The van der Waals surface area contributed by atoms with E-state index in [0.717, 1.165) is 29.2 Å². The molecule has 0 aromatic heterocycles. The minimum atomic E-state index is -2.44. The molecule has 0 bridgehead atoms. The molecule has 2 aromatic carbocycles. The van der Waals surface area contributed by atoms with Gasteiger partial charge in [-0.2, -0.15) is 0 Å². The third-order valence-corrected chi connectivity index (χ3v) is 9.51. The fourth-order valence-electron chi connectivity index (χ4n) is 6.49. The van der Waals surface area contributed by atoms with Crippen molar-refractivity contribution in [3.63, 3.8) is 0 Å². The van der Waals surface area contributed by atoms with Crippen molar-refractivity contribution in [3.8, 4) is 11.1 Å². The van der Waals surface area contributed by atoms with Crippen LogP contribution in [0.4, 0.5) is 4.79 Å². The maximum Gasteiger partial charge on any atom is 0.410 e. The summed E-state index contributed by atoms with van der Waals surface area (Å²) in [6.07, 6.45) is -0.394. The van der Waals surface area contributed by atoms with Crippen molar-refractivity contribution < 1.29 is 48.3 Å². The smallest absolute Gasteiger partial charge is 0.410 e. The van der Waals surface area contributed by atoms with E-state index in [1.807, 2.05) is 36.4 Å². The van der Waals surface area contributed by atoms with Crippen LogP contribution in [0.1, 0.15) is 44.2 Å². The molecule has 1 aliphatic carbocycles. The summed E-state index contributed by atoms with van der Waals surface area (Å²) in [6, 6.07) is 15.2. The summed E-state index contributed by atoms with van der Waals surface area (Å²) in [4.78, 5) is 41.6. The van der Waals surface area contributed by atoms with Crippen LogP contribution in [-0.4, -0.2) is 95.8 Å². The summed E-state index contributed by atoms with van der Waals surface area (Å²) < 4.78 is 28.5. The molecule has 0 saturated carbocycles. The predicted molar refractivity (Wildman–Crippen MR) is 155 cm³/mol. The van der Waals surface area contributed by atoms with E-state index in [1.54, 1.807) is 6.08 Å². The van der Waals surface area contributed by atoms with Crippen LogP contribution in [-0.2, 0) is 33.3 Å². The first-order chi connectivity index (χ1) is 21.0. The second-order valence-electron chi connectivity index (χ2n) is 12.1. The number of hydrogen-bond acceptors (Lipinski definition) is 10. The molecule has 3 aliphatic heterocycles. The zero-order chi connectivity index (χ0) is 31.2. The second kappa shape index (κ2) is 11.6. The molecule has 3 saturated heterocycles. The highest BCUT2D eigenvalue weighted by molar-refractivity contribution is 5.84. The molecule has 234 valence electrons. The van der Waals surface area contributed by atoms with Crippen molar-refractivity contribution in [2.45, 2.75) is 62.7 Å². The van der Waals surface area contributed by atoms with E-state index in [0.29, 0.717) is 18.8 Å². The maximum atomic E-state index is 13.8. The van der Waals surface area contributed by atoms with E-state index in [-0.39, 0.29) is 32.1 Å². The monoisotopic (exact) mass is 607 g/mol. The van der Waals surface area contributed by atoms with E-state index in [4.69, 9.17) is 23.7 Å². The number of benzene rings is 2. The Labute approximate surface area is 255 Å². The highest BCUT2D eigenvalue weighted by Gasteiger charge is 2.56. The quantitative estimate of drug-likeness (QED) is 0.304. The summed E-state index contributed by atoms with van der Waals surface area (Å²) in [5.74, 6) is -3.43. The molecule has 44 heavy (non-hydrogen) atoms. The number of nitrogens with zero attached hydrogens (tertiary/aromatic N) is 1. The lowest BCUT2D eigenvalue weighted by Crippen LogP contribution is -2.61. The van der Waals surface area contributed by atoms with Crippen LogP contribution in [0.3, 0.4) is 0 Å². The molecule has 3 fully saturated rings. The average Bonchev–Trinajstić information content (AvgIpc) is 3.75. The van der Waals surface area contributed by atoms with Crippen LogP contribution in [0.5, 0.6) is 0 Å². The second-order valence-corrected chi connectivity index (χ2v) is 12.1. The van der Waals surface area contributed by atoms with E-state index < -0.39 is 53.6 Å². The molecule has 6 rings (SSSR count). The maximum absolute atomic E-state index is 13.8. The lowest BCUT2D eigenvalue weighted by Gasteiger charge is -2.39. The number of fused-ring (bicyclic) bond motifs is 4. The summed E-state index contributed by atoms with van der Waals surface area (Å²) in [6.45, 7) is 4.24. The van der Waals surface area contributed by atoms with Crippen LogP contribution >= 0.6 is 0 Å². The number of aliphatic hydroxyl groups is 2. The van der Waals surface area contributed by atoms with Gasteiger partial charge in [0.25, 0.3) is 0 Å². The van der Waals surface area contributed by atoms with Gasteiger partial charge >= 0.3 is 18.0 Å². The third-order valence-electron chi connectivity index (χ3n) is 9.51. The zero-order valence-electron chi connectivity index (χ0n) is 24.9. The molecule has 5 atom stereocenters. The minimum absolute atomic E-state index is 0.0895. The molecular weight excluding hydrogens is 570 g/mol. The summed E-state index contributed by atoms with van der Waals surface area (Å²) in [5.41, 5.74) is 0.0622. The Morgan fingerprint density at radius 3 is 2.27 bits per heavy atom. The van der Waals surface area contributed by atoms with Crippen molar-refractivity contribution in [1.29, 1.82) is 0 Å². The van der Waals surface area contributed by atoms with Gasteiger partial charge in [-0.15, -0.1) is 0 Å². The number of likely N-dealkylation sites (tertiary alicyclic amines) is 1. The number of carbonyl (C=O) groups excluding carboxylic acids is 3. The summed E-state index contributed by atoms with van der Waals surface area (Å²) in [5, 5.41) is 22.1. The zero-order valence-corrected chi connectivity index (χ0v) is 24.9. The van der Waals surface area contributed by atoms with Crippen LogP contribution < -0.4 is 0 Å². The molecule has 1 amide bonds. The Morgan fingerprint density at radius 1 is 1.02 bits per heavy atom. The Bertz CT molecular complexity index is 1430. The average molecular weight is 608 g/mol. The fraction of sp³-hybridized carbons (Fsp3) is 0.485. The van der Waals surface area contributed by atoms with Crippen molar-refractivity contribution in [2.24, 2.45) is 5.92 Å². The van der Waals surface area contributed by atoms with Crippen molar-refractivity contribution in [2.75, 3.05) is 33.0 Å². The number of cyclic esters (lactones) is 1. The highest BCUT2D eigenvalue weighted by Crippen LogP contribution is 2.45. The Morgan fingerprint density at radius 2 is 1.64 bits per heavy atom. The van der Waals surface area contributed by atoms with E-state index in [2.05, 4.69) is 12.1 Å². The van der Waals surface area contributed by atoms with Gasteiger partial charge in [0.1, 0.15) is 24.9 Å². The molecule has 11 heteroatoms. The van der Waals surface area contributed by atoms with E-state index in [9.17, 15) is 24.6 Å². The van der Waals surface area contributed by atoms with Gasteiger partial charge in [-0.05, 0) is 54.7 Å².